The third-order valence-corrected chi connectivity index (χ3v) is 3.08. The fourth-order valence-electron chi connectivity index (χ4n) is 2.10. The molecule has 1 fully saturated rings. The minimum absolute atomic E-state index is 0.0355. The molecule has 7 heteroatoms. The highest BCUT2D eigenvalue weighted by molar-refractivity contribution is 5.93. The van der Waals surface area contributed by atoms with E-state index in [-0.39, 0.29) is 24.5 Å². The molecule has 0 aliphatic carbocycles. The number of aromatic nitrogens is 2. The molecule has 7 nitrogen and oxygen atoms in total. The van der Waals surface area contributed by atoms with Gasteiger partial charge in [0.25, 0.3) is 0 Å². The van der Waals surface area contributed by atoms with Gasteiger partial charge in [-0.05, 0) is 19.3 Å². The maximum Gasteiger partial charge on any atom is 0.243 e. The smallest absolute Gasteiger partial charge is 0.243 e. The van der Waals surface area contributed by atoms with Gasteiger partial charge in [-0.25, -0.2) is 0 Å². The second kappa shape index (κ2) is 7.04. The molecule has 2 amide bonds. The molecule has 1 aromatic heterocycles. The maximum atomic E-state index is 11.5. The van der Waals surface area contributed by atoms with Crippen molar-refractivity contribution in [3.05, 3.63) is 12.4 Å². The van der Waals surface area contributed by atoms with Crippen molar-refractivity contribution in [3.63, 3.8) is 0 Å². The lowest BCUT2D eigenvalue weighted by Crippen LogP contribution is -2.31. The van der Waals surface area contributed by atoms with Gasteiger partial charge in [0, 0.05) is 19.7 Å². The summed E-state index contributed by atoms with van der Waals surface area (Å²) in [5.74, 6) is -0.501. The summed E-state index contributed by atoms with van der Waals surface area (Å²) in [6.45, 7) is 2.84. The number of amides is 2. The van der Waals surface area contributed by atoms with Gasteiger partial charge in [0.1, 0.15) is 0 Å². The summed E-state index contributed by atoms with van der Waals surface area (Å²) in [7, 11) is 0. The first-order valence-electron chi connectivity index (χ1n) is 6.82. The average molecular weight is 280 g/mol. The van der Waals surface area contributed by atoms with Gasteiger partial charge in [0.2, 0.25) is 11.8 Å². The lowest BCUT2D eigenvalue weighted by Gasteiger charge is -2.22. The molecule has 1 aromatic rings. The Labute approximate surface area is 117 Å². The first-order chi connectivity index (χ1) is 9.63. The summed E-state index contributed by atoms with van der Waals surface area (Å²) in [4.78, 5) is 22.2. The molecule has 1 saturated heterocycles. The zero-order valence-corrected chi connectivity index (χ0v) is 11.6. The summed E-state index contributed by atoms with van der Waals surface area (Å²) in [5.41, 5.74) is 0.621. The number of hydrogen-bond donors (Lipinski definition) is 2. The Bertz CT molecular complexity index is 466. The Morgan fingerprint density at radius 3 is 3.05 bits per heavy atom. The Hall–Kier alpha value is -1.89. The highest BCUT2D eigenvalue weighted by Crippen LogP contribution is 2.15. The van der Waals surface area contributed by atoms with Gasteiger partial charge in [0.15, 0.2) is 0 Å². The molecule has 20 heavy (non-hydrogen) atoms. The van der Waals surface area contributed by atoms with Crippen LogP contribution in [-0.4, -0.2) is 40.9 Å². The summed E-state index contributed by atoms with van der Waals surface area (Å²) in [6, 6.07) is 0. The van der Waals surface area contributed by atoms with Crippen molar-refractivity contribution in [2.24, 2.45) is 0 Å². The van der Waals surface area contributed by atoms with Gasteiger partial charge in [-0.15, -0.1) is 0 Å². The number of nitrogens with one attached hydrogen (secondary N) is 2. The average Bonchev–Trinajstić information content (AvgIpc) is 2.85. The standard InChI is InChI=1S/C13H20N4O3/c1-10(18)14-7-13(19)16-11-6-15-17(8-11)9-12-4-2-3-5-20-12/h6,8,12H,2-5,7,9H2,1H3,(H,14,18)(H,16,19)/t12-/m1/s1. The minimum atomic E-state index is -0.270. The molecule has 0 aromatic carbocycles. The van der Waals surface area contributed by atoms with Crippen LogP contribution in [0, 0.1) is 0 Å². The predicted octanol–water partition coefficient (Wildman–Crippen LogP) is 0.527. The second-order valence-corrected chi connectivity index (χ2v) is 4.90. The molecule has 1 aliphatic heterocycles. The van der Waals surface area contributed by atoms with E-state index in [0.717, 1.165) is 19.4 Å². The van der Waals surface area contributed by atoms with E-state index in [4.69, 9.17) is 4.74 Å². The van der Waals surface area contributed by atoms with Crippen molar-refractivity contribution in [1.82, 2.24) is 15.1 Å². The van der Waals surface area contributed by atoms with Crippen LogP contribution in [0.25, 0.3) is 0 Å². The Kier molecular flexibility index (Phi) is 5.11. The number of rotatable bonds is 5. The molecular formula is C13H20N4O3. The number of nitrogens with zero attached hydrogens (tertiary/aromatic N) is 2. The Morgan fingerprint density at radius 2 is 2.35 bits per heavy atom. The molecule has 0 bridgehead atoms. The van der Waals surface area contributed by atoms with Crippen LogP contribution in [0.5, 0.6) is 0 Å². The van der Waals surface area contributed by atoms with Crippen molar-refractivity contribution < 1.29 is 14.3 Å². The molecule has 2 N–H and O–H groups in total. The van der Waals surface area contributed by atoms with Crippen LogP contribution in [0.2, 0.25) is 0 Å². The molecule has 0 radical (unpaired) electrons. The number of carbonyl (C=O) groups is 2. The molecule has 1 atom stereocenters. The highest BCUT2D eigenvalue weighted by atomic mass is 16.5. The summed E-state index contributed by atoms with van der Waals surface area (Å²) in [5, 5.41) is 9.31. The molecule has 0 spiro atoms. The lowest BCUT2D eigenvalue weighted by atomic mass is 10.1. The first kappa shape index (κ1) is 14.5. The molecule has 2 rings (SSSR count). The van der Waals surface area contributed by atoms with E-state index in [2.05, 4.69) is 15.7 Å². The monoisotopic (exact) mass is 280 g/mol. The van der Waals surface area contributed by atoms with Crippen molar-refractivity contribution in [2.75, 3.05) is 18.5 Å². The number of ether oxygens (including phenoxy) is 1. The van der Waals surface area contributed by atoms with E-state index in [1.54, 1.807) is 17.1 Å². The molecule has 2 heterocycles. The van der Waals surface area contributed by atoms with Crippen molar-refractivity contribution in [3.8, 4) is 0 Å². The van der Waals surface area contributed by atoms with Gasteiger partial charge in [-0.3, -0.25) is 14.3 Å². The maximum absolute atomic E-state index is 11.5. The molecule has 0 unspecified atom stereocenters. The Balaban J connectivity index is 1.79. The zero-order chi connectivity index (χ0) is 14.4. The fraction of sp³-hybridized carbons (Fsp3) is 0.615. The first-order valence-corrected chi connectivity index (χ1v) is 6.82. The number of anilines is 1. The topological polar surface area (TPSA) is 85.3 Å². The molecule has 110 valence electrons. The van der Waals surface area contributed by atoms with Crippen molar-refractivity contribution in [2.45, 2.75) is 38.8 Å². The van der Waals surface area contributed by atoms with Crippen LogP contribution in [0.1, 0.15) is 26.2 Å². The summed E-state index contributed by atoms with van der Waals surface area (Å²) in [6.07, 6.45) is 6.92. The van der Waals surface area contributed by atoms with Crippen LogP contribution in [-0.2, 0) is 20.9 Å². The van der Waals surface area contributed by atoms with E-state index in [1.165, 1.54) is 13.3 Å². The highest BCUT2D eigenvalue weighted by Gasteiger charge is 2.15. The summed E-state index contributed by atoms with van der Waals surface area (Å²) < 4.78 is 7.41. The second-order valence-electron chi connectivity index (χ2n) is 4.90. The van der Waals surface area contributed by atoms with Crippen molar-refractivity contribution >= 4 is 17.5 Å². The normalized spacial score (nSPS) is 18.6. The fourth-order valence-corrected chi connectivity index (χ4v) is 2.10. The van der Waals surface area contributed by atoms with Gasteiger partial charge < -0.3 is 15.4 Å². The van der Waals surface area contributed by atoms with Gasteiger partial charge in [-0.2, -0.15) is 5.10 Å². The van der Waals surface area contributed by atoms with Gasteiger partial charge in [0.05, 0.1) is 31.1 Å². The quantitative estimate of drug-likeness (QED) is 0.823. The lowest BCUT2D eigenvalue weighted by molar-refractivity contribution is -0.122. The van der Waals surface area contributed by atoms with Gasteiger partial charge >= 0.3 is 0 Å². The third kappa shape index (κ3) is 4.65. The largest absolute Gasteiger partial charge is 0.376 e. The van der Waals surface area contributed by atoms with Crippen LogP contribution in [0.15, 0.2) is 12.4 Å². The molecular weight excluding hydrogens is 260 g/mol. The van der Waals surface area contributed by atoms with Crippen LogP contribution in [0.3, 0.4) is 0 Å². The van der Waals surface area contributed by atoms with Crippen LogP contribution in [0.4, 0.5) is 5.69 Å². The third-order valence-electron chi connectivity index (χ3n) is 3.08. The van der Waals surface area contributed by atoms with Crippen molar-refractivity contribution in [1.29, 1.82) is 0 Å². The van der Waals surface area contributed by atoms with Gasteiger partial charge in [-0.1, -0.05) is 0 Å². The van der Waals surface area contributed by atoms with E-state index < -0.39 is 0 Å². The summed E-state index contributed by atoms with van der Waals surface area (Å²) >= 11 is 0. The molecule has 0 saturated carbocycles. The SMILES string of the molecule is CC(=O)NCC(=O)Nc1cnn(C[C@H]2CCCCO2)c1. The van der Waals surface area contributed by atoms with E-state index in [9.17, 15) is 9.59 Å². The van der Waals surface area contributed by atoms with E-state index >= 15 is 0 Å². The van der Waals surface area contributed by atoms with E-state index in [1.807, 2.05) is 0 Å². The predicted molar refractivity (Wildman–Crippen MR) is 73.1 cm³/mol. The zero-order valence-electron chi connectivity index (χ0n) is 11.6. The van der Waals surface area contributed by atoms with Crippen LogP contribution >= 0.6 is 0 Å². The van der Waals surface area contributed by atoms with E-state index in [0.29, 0.717) is 12.2 Å². The van der Waals surface area contributed by atoms with Crippen LogP contribution < -0.4 is 10.6 Å². The molecule has 1 aliphatic rings. The Morgan fingerprint density at radius 1 is 1.50 bits per heavy atom. The minimum Gasteiger partial charge on any atom is -0.376 e. The number of carbonyl (C=O) groups excluding carboxylic acids is 2. The number of hydrogen-bond acceptors (Lipinski definition) is 4.